The molecule has 1 aliphatic carbocycles. The first-order valence-electron chi connectivity index (χ1n) is 10.6. The van der Waals surface area contributed by atoms with Crippen molar-refractivity contribution in [1.82, 2.24) is 14.6 Å². The molecule has 1 aromatic carbocycles. The fraction of sp³-hybridized carbons (Fsp3) is 0.522. The molecule has 1 saturated carbocycles. The molecule has 6 nitrogen and oxygen atoms in total. The van der Waals surface area contributed by atoms with E-state index < -0.39 is 0 Å². The SMILES string of the molecule is C=C(N/C(C)=C/C)C(c1ccc2c(c1)OCO2)N(C)C(=O)CN(Cl)C1CCCCC1. The summed E-state index contributed by atoms with van der Waals surface area (Å²) in [7, 11) is 1.79. The largest absolute Gasteiger partial charge is 0.454 e. The first-order chi connectivity index (χ1) is 14.4. The van der Waals surface area contributed by atoms with Gasteiger partial charge in [-0.25, -0.2) is 4.42 Å². The molecule has 30 heavy (non-hydrogen) atoms. The molecule has 1 amide bonds. The molecule has 0 radical (unpaired) electrons. The van der Waals surface area contributed by atoms with Crippen LogP contribution in [0.25, 0.3) is 0 Å². The number of nitrogens with zero attached hydrogens (tertiary/aromatic N) is 2. The van der Waals surface area contributed by atoms with Crippen LogP contribution in [0, 0.1) is 0 Å². The maximum Gasteiger partial charge on any atom is 0.238 e. The van der Waals surface area contributed by atoms with Crippen LogP contribution in [0.15, 0.2) is 42.2 Å². The van der Waals surface area contributed by atoms with Gasteiger partial charge in [0.15, 0.2) is 11.5 Å². The molecule has 0 spiro atoms. The van der Waals surface area contributed by atoms with Crippen molar-refractivity contribution in [3.8, 4) is 11.5 Å². The zero-order chi connectivity index (χ0) is 21.7. The number of benzene rings is 1. The number of fused-ring (bicyclic) bond motifs is 1. The smallest absolute Gasteiger partial charge is 0.238 e. The Morgan fingerprint density at radius 3 is 2.70 bits per heavy atom. The highest BCUT2D eigenvalue weighted by Gasteiger charge is 2.29. The number of nitrogens with one attached hydrogen (secondary N) is 1. The Bertz CT molecular complexity index is 805. The van der Waals surface area contributed by atoms with E-state index in [0.717, 1.165) is 24.1 Å². The van der Waals surface area contributed by atoms with Crippen LogP contribution in [-0.4, -0.2) is 41.7 Å². The van der Waals surface area contributed by atoms with Crippen LogP contribution < -0.4 is 14.8 Å². The van der Waals surface area contributed by atoms with E-state index in [1.54, 1.807) is 16.4 Å². The molecular formula is C23H32ClN3O3. The first kappa shape index (κ1) is 22.5. The van der Waals surface area contributed by atoms with Crippen LogP contribution >= 0.6 is 11.8 Å². The molecule has 3 rings (SSSR count). The van der Waals surface area contributed by atoms with Crippen LogP contribution in [0.1, 0.15) is 57.6 Å². The summed E-state index contributed by atoms with van der Waals surface area (Å²) < 4.78 is 12.7. The molecule has 0 saturated heterocycles. The molecule has 1 unspecified atom stereocenters. The van der Waals surface area contributed by atoms with Gasteiger partial charge < -0.3 is 19.7 Å². The quantitative estimate of drug-likeness (QED) is 0.600. The molecule has 164 valence electrons. The van der Waals surface area contributed by atoms with E-state index in [4.69, 9.17) is 21.3 Å². The number of likely N-dealkylation sites (N-methyl/N-ethyl adjacent to an activating group) is 1. The predicted octanol–water partition coefficient (Wildman–Crippen LogP) is 4.73. The number of amides is 1. The van der Waals surface area contributed by atoms with Gasteiger partial charge in [-0.05, 0) is 56.2 Å². The van der Waals surface area contributed by atoms with E-state index in [1.165, 1.54) is 19.3 Å². The van der Waals surface area contributed by atoms with Crippen molar-refractivity contribution in [2.75, 3.05) is 20.4 Å². The van der Waals surface area contributed by atoms with Gasteiger partial charge in [0.2, 0.25) is 12.7 Å². The number of hydrogen-bond acceptors (Lipinski definition) is 5. The summed E-state index contributed by atoms with van der Waals surface area (Å²) in [4.78, 5) is 14.9. The molecule has 1 fully saturated rings. The molecule has 1 heterocycles. The second-order valence-electron chi connectivity index (χ2n) is 7.99. The van der Waals surface area contributed by atoms with Gasteiger partial charge in [0.05, 0.1) is 12.6 Å². The zero-order valence-corrected chi connectivity index (χ0v) is 18.9. The summed E-state index contributed by atoms with van der Waals surface area (Å²) in [5.74, 6) is 1.33. The molecule has 1 N–H and O–H groups in total. The van der Waals surface area contributed by atoms with Crippen molar-refractivity contribution in [3.05, 3.63) is 47.8 Å². The maximum atomic E-state index is 13.2. The van der Waals surface area contributed by atoms with E-state index in [-0.39, 0.29) is 31.3 Å². The fourth-order valence-corrected chi connectivity index (χ4v) is 4.31. The van der Waals surface area contributed by atoms with Crippen LogP contribution in [-0.2, 0) is 4.79 Å². The molecule has 1 aliphatic heterocycles. The average molecular weight is 434 g/mol. The van der Waals surface area contributed by atoms with Crippen molar-refractivity contribution < 1.29 is 14.3 Å². The highest BCUT2D eigenvalue weighted by atomic mass is 35.5. The maximum absolute atomic E-state index is 13.2. The van der Waals surface area contributed by atoms with Gasteiger partial charge in [0.25, 0.3) is 0 Å². The zero-order valence-electron chi connectivity index (χ0n) is 18.1. The van der Waals surface area contributed by atoms with Crippen molar-refractivity contribution in [2.24, 2.45) is 0 Å². The molecule has 1 aromatic rings. The highest BCUT2D eigenvalue weighted by Crippen LogP contribution is 2.37. The third-order valence-electron chi connectivity index (χ3n) is 5.87. The molecule has 2 aliphatic rings. The first-order valence-corrected chi connectivity index (χ1v) is 10.9. The Kier molecular flexibility index (Phi) is 7.67. The Labute approximate surface area is 184 Å². The second kappa shape index (κ2) is 10.2. The van der Waals surface area contributed by atoms with Crippen LogP contribution in [0.4, 0.5) is 0 Å². The minimum Gasteiger partial charge on any atom is -0.454 e. The Balaban J connectivity index is 1.79. The van der Waals surface area contributed by atoms with E-state index in [9.17, 15) is 4.79 Å². The monoisotopic (exact) mass is 433 g/mol. The van der Waals surface area contributed by atoms with E-state index >= 15 is 0 Å². The van der Waals surface area contributed by atoms with Gasteiger partial charge in [-0.1, -0.05) is 38.0 Å². The van der Waals surface area contributed by atoms with Crippen LogP contribution in [0.5, 0.6) is 11.5 Å². The van der Waals surface area contributed by atoms with Crippen molar-refractivity contribution in [1.29, 1.82) is 0 Å². The molecule has 0 bridgehead atoms. The van der Waals surface area contributed by atoms with Gasteiger partial charge in [-0.3, -0.25) is 4.79 Å². The van der Waals surface area contributed by atoms with Crippen LogP contribution in [0.3, 0.4) is 0 Å². The minimum atomic E-state index is -0.377. The van der Waals surface area contributed by atoms with Gasteiger partial charge in [-0.2, -0.15) is 0 Å². The average Bonchev–Trinajstić information content (AvgIpc) is 3.22. The number of rotatable bonds is 8. The Morgan fingerprint density at radius 1 is 1.30 bits per heavy atom. The van der Waals surface area contributed by atoms with Gasteiger partial charge in [-0.15, -0.1) is 0 Å². The summed E-state index contributed by atoms with van der Waals surface area (Å²) in [6.45, 7) is 8.51. The summed E-state index contributed by atoms with van der Waals surface area (Å²) >= 11 is 6.51. The molecule has 7 heteroatoms. The lowest BCUT2D eigenvalue weighted by Crippen LogP contribution is -2.42. The van der Waals surface area contributed by atoms with Gasteiger partial charge in [0.1, 0.15) is 0 Å². The molecule has 1 atom stereocenters. The summed E-state index contributed by atoms with van der Waals surface area (Å²) in [6.07, 6.45) is 7.63. The van der Waals surface area contributed by atoms with Crippen molar-refractivity contribution in [3.63, 3.8) is 0 Å². The Morgan fingerprint density at radius 2 is 2.00 bits per heavy atom. The number of ether oxygens (including phenoxy) is 2. The highest BCUT2D eigenvalue weighted by molar-refractivity contribution is 6.14. The molecule has 0 aromatic heterocycles. The Hall–Kier alpha value is -2.18. The lowest BCUT2D eigenvalue weighted by atomic mass is 9.95. The molecular weight excluding hydrogens is 402 g/mol. The normalized spacial score (nSPS) is 17.7. The third-order valence-corrected chi connectivity index (χ3v) is 6.27. The van der Waals surface area contributed by atoms with E-state index in [1.807, 2.05) is 38.1 Å². The van der Waals surface area contributed by atoms with Crippen molar-refractivity contribution in [2.45, 2.75) is 58.0 Å². The lowest BCUT2D eigenvalue weighted by Gasteiger charge is -2.34. The predicted molar refractivity (Wildman–Crippen MR) is 119 cm³/mol. The second-order valence-corrected chi connectivity index (χ2v) is 8.43. The number of carbonyl (C=O) groups is 1. The number of carbonyl (C=O) groups excluding carboxylic acids is 1. The van der Waals surface area contributed by atoms with Gasteiger partial charge in [0, 0.05) is 24.5 Å². The third kappa shape index (κ3) is 5.29. The summed E-state index contributed by atoms with van der Waals surface area (Å²) in [6, 6.07) is 5.61. The van der Waals surface area contributed by atoms with E-state index in [2.05, 4.69) is 11.9 Å². The topological polar surface area (TPSA) is 54.0 Å². The lowest BCUT2D eigenvalue weighted by molar-refractivity contribution is -0.132. The van der Waals surface area contributed by atoms with Crippen LogP contribution in [0.2, 0.25) is 0 Å². The van der Waals surface area contributed by atoms with Gasteiger partial charge >= 0.3 is 0 Å². The minimum absolute atomic E-state index is 0.0562. The number of hydrogen-bond donors (Lipinski definition) is 1. The van der Waals surface area contributed by atoms with E-state index in [0.29, 0.717) is 17.2 Å². The summed E-state index contributed by atoms with van der Waals surface area (Å²) in [5.41, 5.74) is 2.57. The standard InChI is InChI=1S/C23H32ClN3O3/c1-5-16(2)25-17(3)23(18-11-12-20-21(13-18)30-15-29-20)26(4)22(28)14-27(24)19-9-7-6-8-10-19/h5,11-13,19,23,25H,3,6-10,14-15H2,1-2,4H3/b16-5+. The number of allylic oxidation sites excluding steroid dienone is 2. The summed E-state index contributed by atoms with van der Waals surface area (Å²) in [5, 5.41) is 3.30. The number of halogens is 1. The van der Waals surface area contributed by atoms with Crippen molar-refractivity contribution >= 4 is 17.7 Å². The fourth-order valence-electron chi connectivity index (χ4n) is 4.01.